The van der Waals surface area contributed by atoms with Gasteiger partial charge in [-0.3, -0.25) is 0 Å². The first kappa shape index (κ1) is 15.0. The minimum absolute atomic E-state index is 0.0141. The van der Waals surface area contributed by atoms with E-state index in [0.29, 0.717) is 17.4 Å². The van der Waals surface area contributed by atoms with Gasteiger partial charge in [0.05, 0.1) is 4.90 Å². The highest BCUT2D eigenvalue weighted by Gasteiger charge is 2.27. The third-order valence-corrected chi connectivity index (χ3v) is 6.25. The van der Waals surface area contributed by atoms with E-state index in [4.69, 9.17) is 0 Å². The zero-order valence-corrected chi connectivity index (χ0v) is 13.4. The number of piperidine rings is 1. The molecule has 2 N–H and O–H groups in total. The summed E-state index contributed by atoms with van der Waals surface area (Å²) >= 11 is 0. The van der Waals surface area contributed by atoms with Crippen molar-refractivity contribution in [2.24, 2.45) is 5.92 Å². The highest BCUT2D eigenvalue weighted by Crippen LogP contribution is 2.24. The average Bonchev–Trinajstić information content (AvgIpc) is 2.49. The maximum Gasteiger partial charge on any atom is 0.240 e. The van der Waals surface area contributed by atoms with Crippen molar-refractivity contribution in [1.29, 1.82) is 0 Å². The standard InChI is InChI=1S/C16H24N2O2S/c1-12-8-9-17-11-16(12)18-21(19,20)15-7-6-13-4-2-3-5-14(13)10-15/h6-7,10,12,16-18H,2-5,8-9,11H2,1H3. The first-order valence-corrected chi connectivity index (χ1v) is 9.39. The van der Waals surface area contributed by atoms with Gasteiger partial charge < -0.3 is 5.32 Å². The molecule has 1 aromatic carbocycles. The fraction of sp³-hybridized carbons (Fsp3) is 0.625. The van der Waals surface area contributed by atoms with Crippen LogP contribution in [0.5, 0.6) is 0 Å². The highest BCUT2D eigenvalue weighted by atomic mass is 32.2. The summed E-state index contributed by atoms with van der Waals surface area (Å²) in [7, 11) is -3.42. The Kier molecular flexibility index (Phi) is 4.33. The van der Waals surface area contributed by atoms with Crippen LogP contribution in [0.25, 0.3) is 0 Å². The molecule has 3 rings (SSSR count). The van der Waals surface area contributed by atoms with E-state index >= 15 is 0 Å². The molecule has 0 aromatic heterocycles. The van der Waals surface area contributed by atoms with E-state index < -0.39 is 10.0 Å². The molecule has 2 aliphatic rings. The summed E-state index contributed by atoms with van der Waals surface area (Å²) in [6, 6.07) is 5.61. The number of benzene rings is 1. The Morgan fingerprint density at radius 3 is 2.71 bits per heavy atom. The molecule has 1 aromatic rings. The van der Waals surface area contributed by atoms with Crippen molar-refractivity contribution in [2.75, 3.05) is 13.1 Å². The van der Waals surface area contributed by atoms with Crippen molar-refractivity contribution < 1.29 is 8.42 Å². The minimum atomic E-state index is -3.42. The van der Waals surface area contributed by atoms with Crippen molar-refractivity contribution in [3.05, 3.63) is 29.3 Å². The molecule has 2 atom stereocenters. The molecule has 0 bridgehead atoms. The minimum Gasteiger partial charge on any atom is -0.315 e. The Morgan fingerprint density at radius 1 is 1.19 bits per heavy atom. The molecule has 0 saturated carbocycles. The maximum absolute atomic E-state index is 12.6. The van der Waals surface area contributed by atoms with Crippen LogP contribution in [0.15, 0.2) is 23.1 Å². The second-order valence-electron chi connectivity index (χ2n) is 6.34. The predicted molar refractivity (Wildman–Crippen MR) is 83.8 cm³/mol. The van der Waals surface area contributed by atoms with Gasteiger partial charge in [0.15, 0.2) is 0 Å². The molecule has 0 amide bonds. The zero-order valence-electron chi connectivity index (χ0n) is 12.6. The average molecular weight is 308 g/mol. The van der Waals surface area contributed by atoms with Crippen molar-refractivity contribution >= 4 is 10.0 Å². The van der Waals surface area contributed by atoms with E-state index in [1.807, 2.05) is 12.1 Å². The molecule has 1 aliphatic carbocycles. The Morgan fingerprint density at radius 2 is 1.95 bits per heavy atom. The summed E-state index contributed by atoms with van der Waals surface area (Å²) in [5.74, 6) is 0.374. The lowest BCUT2D eigenvalue weighted by Crippen LogP contribution is -2.50. The smallest absolute Gasteiger partial charge is 0.240 e. The Labute approximate surface area is 127 Å². The molecule has 1 aliphatic heterocycles. The summed E-state index contributed by atoms with van der Waals surface area (Å²) in [5, 5.41) is 3.26. The van der Waals surface area contributed by atoms with Gasteiger partial charge in [-0.25, -0.2) is 13.1 Å². The quantitative estimate of drug-likeness (QED) is 0.896. The molecular formula is C16H24N2O2S. The van der Waals surface area contributed by atoms with Gasteiger partial charge in [-0.1, -0.05) is 13.0 Å². The third-order valence-electron chi connectivity index (χ3n) is 4.76. The number of hydrogen-bond donors (Lipinski definition) is 2. The van der Waals surface area contributed by atoms with Crippen LogP contribution in [0.4, 0.5) is 0 Å². The molecule has 116 valence electrons. The van der Waals surface area contributed by atoms with Crippen LogP contribution in [0.3, 0.4) is 0 Å². The van der Waals surface area contributed by atoms with E-state index in [9.17, 15) is 8.42 Å². The van der Waals surface area contributed by atoms with Gasteiger partial charge in [0, 0.05) is 12.6 Å². The lowest BCUT2D eigenvalue weighted by molar-refractivity contribution is 0.327. The lowest BCUT2D eigenvalue weighted by atomic mass is 9.92. The maximum atomic E-state index is 12.6. The first-order valence-electron chi connectivity index (χ1n) is 7.91. The Bertz CT molecular complexity index is 613. The van der Waals surface area contributed by atoms with Crippen molar-refractivity contribution in [1.82, 2.24) is 10.0 Å². The SMILES string of the molecule is CC1CCNCC1NS(=O)(=O)c1ccc2c(c1)CCCC2. The van der Waals surface area contributed by atoms with Gasteiger partial charge in [-0.15, -0.1) is 0 Å². The molecule has 4 nitrogen and oxygen atoms in total. The van der Waals surface area contributed by atoms with Gasteiger partial charge >= 0.3 is 0 Å². The number of fused-ring (bicyclic) bond motifs is 1. The number of aryl methyl sites for hydroxylation is 2. The molecule has 0 spiro atoms. The molecule has 1 heterocycles. The molecule has 0 radical (unpaired) electrons. The van der Waals surface area contributed by atoms with E-state index in [1.54, 1.807) is 6.07 Å². The Balaban J connectivity index is 1.81. The van der Waals surface area contributed by atoms with E-state index in [0.717, 1.165) is 32.2 Å². The third kappa shape index (κ3) is 3.30. The summed E-state index contributed by atoms with van der Waals surface area (Å²) in [6.45, 7) is 3.80. The van der Waals surface area contributed by atoms with E-state index in [2.05, 4.69) is 17.0 Å². The topological polar surface area (TPSA) is 58.2 Å². The van der Waals surface area contributed by atoms with Gasteiger partial charge in [0.1, 0.15) is 0 Å². The van der Waals surface area contributed by atoms with Gasteiger partial charge in [0.25, 0.3) is 0 Å². The molecule has 21 heavy (non-hydrogen) atoms. The molecule has 5 heteroatoms. The number of rotatable bonds is 3. The van der Waals surface area contributed by atoms with Crippen molar-refractivity contribution in [3.63, 3.8) is 0 Å². The van der Waals surface area contributed by atoms with Crippen molar-refractivity contribution in [2.45, 2.75) is 50.0 Å². The van der Waals surface area contributed by atoms with Crippen LogP contribution in [0, 0.1) is 5.92 Å². The zero-order chi connectivity index (χ0) is 14.9. The normalized spacial score (nSPS) is 26.3. The summed E-state index contributed by atoms with van der Waals surface area (Å²) < 4.78 is 28.1. The largest absolute Gasteiger partial charge is 0.315 e. The number of nitrogens with one attached hydrogen (secondary N) is 2. The van der Waals surface area contributed by atoms with Crippen LogP contribution in [0.2, 0.25) is 0 Å². The summed E-state index contributed by atoms with van der Waals surface area (Å²) in [5.41, 5.74) is 2.52. The van der Waals surface area contributed by atoms with Crippen LogP contribution >= 0.6 is 0 Å². The monoisotopic (exact) mass is 308 g/mol. The van der Waals surface area contributed by atoms with Crippen LogP contribution in [-0.4, -0.2) is 27.5 Å². The van der Waals surface area contributed by atoms with Gasteiger partial charge in [-0.05, 0) is 67.8 Å². The Hall–Kier alpha value is -0.910. The van der Waals surface area contributed by atoms with E-state index in [-0.39, 0.29) is 6.04 Å². The fourth-order valence-electron chi connectivity index (χ4n) is 3.29. The van der Waals surface area contributed by atoms with Crippen LogP contribution < -0.4 is 10.0 Å². The van der Waals surface area contributed by atoms with Crippen LogP contribution in [-0.2, 0) is 22.9 Å². The first-order chi connectivity index (χ1) is 10.1. The molecular weight excluding hydrogens is 284 g/mol. The van der Waals surface area contributed by atoms with E-state index in [1.165, 1.54) is 17.5 Å². The summed E-state index contributed by atoms with van der Waals surface area (Å²) in [4.78, 5) is 0.418. The van der Waals surface area contributed by atoms with Crippen LogP contribution in [0.1, 0.15) is 37.3 Å². The van der Waals surface area contributed by atoms with Gasteiger partial charge in [-0.2, -0.15) is 0 Å². The number of sulfonamides is 1. The number of hydrogen-bond acceptors (Lipinski definition) is 3. The lowest BCUT2D eigenvalue weighted by Gasteiger charge is -2.30. The predicted octanol–water partition coefficient (Wildman–Crippen LogP) is 1.84. The molecule has 2 unspecified atom stereocenters. The van der Waals surface area contributed by atoms with Gasteiger partial charge in [0.2, 0.25) is 10.0 Å². The second kappa shape index (κ2) is 6.07. The molecule has 1 saturated heterocycles. The highest BCUT2D eigenvalue weighted by molar-refractivity contribution is 7.89. The van der Waals surface area contributed by atoms with Crippen molar-refractivity contribution in [3.8, 4) is 0 Å². The second-order valence-corrected chi connectivity index (χ2v) is 8.05. The fourth-order valence-corrected chi connectivity index (χ4v) is 4.69. The summed E-state index contributed by atoms with van der Waals surface area (Å²) in [6.07, 6.45) is 5.46. The molecule has 1 fully saturated rings.